The first-order valence-electron chi connectivity index (χ1n) is 6.74. The van der Waals surface area contributed by atoms with Crippen LogP contribution in [0.5, 0.6) is 0 Å². The van der Waals surface area contributed by atoms with Gasteiger partial charge in [-0.2, -0.15) is 17.4 Å². The summed E-state index contributed by atoms with van der Waals surface area (Å²) >= 11 is 0. The Morgan fingerprint density at radius 3 is 2.28 bits per heavy atom. The third-order valence-corrected chi connectivity index (χ3v) is 5.43. The maximum Gasteiger partial charge on any atom is 0.279 e. The van der Waals surface area contributed by atoms with E-state index in [9.17, 15) is 13.5 Å². The molecule has 0 saturated heterocycles. The highest BCUT2D eigenvalue weighted by Gasteiger charge is 2.29. The molecule has 0 unspecified atom stereocenters. The molecule has 18 heavy (non-hydrogen) atoms. The molecule has 1 saturated carbocycles. The summed E-state index contributed by atoms with van der Waals surface area (Å²) in [5, 5.41) is 9.21. The van der Waals surface area contributed by atoms with Gasteiger partial charge >= 0.3 is 0 Å². The number of rotatable bonds is 6. The second kappa shape index (κ2) is 6.84. The first-order chi connectivity index (χ1) is 8.38. The molecule has 1 aliphatic carbocycles. The Kier molecular flexibility index (Phi) is 6.04. The van der Waals surface area contributed by atoms with Gasteiger partial charge in [0.25, 0.3) is 10.2 Å². The van der Waals surface area contributed by atoms with Crippen LogP contribution in [0.1, 0.15) is 46.0 Å². The van der Waals surface area contributed by atoms with Crippen molar-refractivity contribution in [1.29, 1.82) is 0 Å². The van der Waals surface area contributed by atoms with E-state index in [-0.39, 0.29) is 18.6 Å². The molecule has 1 fully saturated rings. The van der Waals surface area contributed by atoms with Crippen LogP contribution < -0.4 is 4.72 Å². The van der Waals surface area contributed by atoms with Crippen LogP contribution in [0.2, 0.25) is 0 Å². The summed E-state index contributed by atoms with van der Waals surface area (Å²) in [5.74, 6) is 0.0736. The van der Waals surface area contributed by atoms with Crippen LogP contribution in [-0.4, -0.2) is 43.6 Å². The summed E-state index contributed by atoms with van der Waals surface area (Å²) in [6, 6.07) is -0.316. The van der Waals surface area contributed by atoms with Gasteiger partial charge in [0.1, 0.15) is 0 Å². The summed E-state index contributed by atoms with van der Waals surface area (Å²) in [4.78, 5) is 0. The van der Waals surface area contributed by atoms with Gasteiger partial charge < -0.3 is 5.11 Å². The summed E-state index contributed by atoms with van der Waals surface area (Å²) in [6.07, 6.45) is 5.26. The van der Waals surface area contributed by atoms with Crippen molar-refractivity contribution in [2.24, 2.45) is 5.92 Å². The smallest absolute Gasteiger partial charge is 0.279 e. The fourth-order valence-corrected chi connectivity index (χ4v) is 3.80. The minimum Gasteiger partial charge on any atom is -0.395 e. The summed E-state index contributed by atoms with van der Waals surface area (Å²) < 4.78 is 28.4. The molecule has 2 N–H and O–H groups in total. The Morgan fingerprint density at radius 2 is 1.83 bits per heavy atom. The fraction of sp³-hybridized carbons (Fsp3) is 1.00. The number of hydrogen-bond acceptors (Lipinski definition) is 3. The first-order valence-corrected chi connectivity index (χ1v) is 8.18. The van der Waals surface area contributed by atoms with Crippen molar-refractivity contribution < 1.29 is 13.5 Å². The second-order valence-electron chi connectivity index (χ2n) is 5.46. The van der Waals surface area contributed by atoms with E-state index in [0.29, 0.717) is 0 Å². The van der Waals surface area contributed by atoms with E-state index >= 15 is 0 Å². The number of hydrogen-bond donors (Lipinski definition) is 2. The Balaban J connectivity index is 2.66. The molecule has 1 atom stereocenters. The highest BCUT2D eigenvalue weighted by Crippen LogP contribution is 2.23. The zero-order valence-electron chi connectivity index (χ0n) is 11.6. The zero-order valence-corrected chi connectivity index (χ0v) is 12.4. The molecule has 5 nitrogen and oxygen atoms in total. The molecular weight excluding hydrogens is 252 g/mol. The van der Waals surface area contributed by atoms with E-state index in [1.807, 2.05) is 13.8 Å². The number of aliphatic hydroxyl groups is 1. The molecule has 108 valence electrons. The number of aliphatic hydroxyl groups excluding tert-OH is 1. The van der Waals surface area contributed by atoms with Gasteiger partial charge in [-0.1, -0.05) is 33.1 Å². The molecule has 0 aromatic heterocycles. The maximum atomic E-state index is 12.2. The standard InChI is InChI=1S/C12H26N2O3S/c1-10(2)12(9-15)13-18(16,17)14(3)11-7-5-4-6-8-11/h10-13,15H,4-9H2,1-3H3/t12-/m1/s1. The van der Waals surface area contributed by atoms with Gasteiger partial charge in [0, 0.05) is 19.1 Å². The zero-order chi connectivity index (χ0) is 13.8. The van der Waals surface area contributed by atoms with Crippen LogP contribution in [0, 0.1) is 5.92 Å². The van der Waals surface area contributed by atoms with Crippen LogP contribution in [0.3, 0.4) is 0 Å². The minimum absolute atomic E-state index is 0.0736. The monoisotopic (exact) mass is 278 g/mol. The fourth-order valence-electron chi connectivity index (χ4n) is 2.30. The van der Waals surface area contributed by atoms with Gasteiger partial charge in [-0.25, -0.2) is 0 Å². The summed E-state index contributed by atoms with van der Waals surface area (Å²) in [6.45, 7) is 3.61. The van der Waals surface area contributed by atoms with E-state index in [1.54, 1.807) is 7.05 Å². The highest BCUT2D eigenvalue weighted by molar-refractivity contribution is 7.87. The third kappa shape index (κ3) is 4.19. The molecule has 0 aromatic carbocycles. The SMILES string of the molecule is CC(C)[C@@H](CO)NS(=O)(=O)N(C)C1CCCCC1. The second-order valence-corrected chi connectivity index (χ2v) is 7.23. The molecule has 0 spiro atoms. The average molecular weight is 278 g/mol. The van der Waals surface area contributed by atoms with E-state index in [4.69, 9.17) is 0 Å². The van der Waals surface area contributed by atoms with Crippen LogP contribution in [0.4, 0.5) is 0 Å². The number of nitrogens with one attached hydrogen (secondary N) is 1. The molecule has 1 aliphatic rings. The van der Waals surface area contributed by atoms with E-state index in [0.717, 1.165) is 25.7 Å². The van der Waals surface area contributed by atoms with Gasteiger partial charge in [-0.05, 0) is 18.8 Å². The summed E-state index contributed by atoms with van der Waals surface area (Å²) in [5.41, 5.74) is 0. The maximum absolute atomic E-state index is 12.2. The molecule has 0 aliphatic heterocycles. The topological polar surface area (TPSA) is 69.6 Å². The lowest BCUT2D eigenvalue weighted by Crippen LogP contribution is -2.50. The van der Waals surface area contributed by atoms with E-state index in [2.05, 4.69) is 4.72 Å². The van der Waals surface area contributed by atoms with Crippen LogP contribution in [0.15, 0.2) is 0 Å². The lowest BCUT2D eigenvalue weighted by molar-refractivity contribution is 0.221. The lowest BCUT2D eigenvalue weighted by Gasteiger charge is -2.32. The van der Waals surface area contributed by atoms with Crippen molar-refractivity contribution in [3.05, 3.63) is 0 Å². The molecule has 0 amide bonds. The van der Waals surface area contributed by atoms with Crippen molar-refractivity contribution in [2.45, 2.75) is 58.0 Å². The predicted molar refractivity (Wildman–Crippen MR) is 72.4 cm³/mol. The normalized spacial score (nSPS) is 20.6. The Labute approximate surface area is 111 Å². The van der Waals surface area contributed by atoms with E-state index < -0.39 is 16.3 Å². The molecule has 6 heteroatoms. The largest absolute Gasteiger partial charge is 0.395 e. The Bertz CT molecular complexity index is 337. The highest BCUT2D eigenvalue weighted by atomic mass is 32.2. The van der Waals surface area contributed by atoms with Crippen molar-refractivity contribution in [3.8, 4) is 0 Å². The van der Waals surface area contributed by atoms with Crippen molar-refractivity contribution in [3.63, 3.8) is 0 Å². The Hall–Kier alpha value is -0.170. The summed E-state index contributed by atoms with van der Waals surface area (Å²) in [7, 11) is -1.86. The van der Waals surface area contributed by atoms with Crippen molar-refractivity contribution in [2.75, 3.05) is 13.7 Å². The van der Waals surface area contributed by atoms with Gasteiger partial charge in [-0.15, -0.1) is 0 Å². The predicted octanol–water partition coefficient (Wildman–Crippen LogP) is 1.10. The molecule has 0 bridgehead atoms. The van der Waals surface area contributed by atoms with E-state index in [1.165, 1.54) is 10.7 Å². The quantitative estimate of drug-likeness (QED) is 0.764. The van der Waals surface area contributed by atoms with Crippen LogP contribution in [0.25, 0.3) is 0 Å². The molecule has 0 radical (unpaired) electrons. The average Bonchev–Trinajstić information content (AvgIpc) is 2.35. The van der Waals surface area contributed by atoms with Gasteiger partial charge in [0.05, 0.1) is 6.61 Å². The van der Waals surface area contributed by atoms with Gasteiger partial charge in [0.2, 0.25) is 0 Å². The number of nitrogens with zero attached hydrogens (tertiary/aromatic N) is 1. The molecular formula is C12H26N2O3S. The lowest BCUT2D eigenvalue weighted by atomic mass is 9.96. The first kappa shape index (κ1) is 15.9. The van der Waals surface area contributed by atoms with Crippen molar-refractivity contribution >= 4 is 10.2 Å². The molecule has 1 rings (SSSR count). The Morgan fingerprint density at radius 1 is 1.28 bits per heavy atom. The molecule has 0 heterocycles. The minimum atomic E-state index is -3.49. The third-order valence-electron chi connectivity index (χ3n) is 3.77. The van der Waals surface area contributed by atoms with Gasteiger partial charge in [-0.3, -0.25) is 0 Å². The van der Waals surface area contributed by atoms with Crippen LogP contribution in [-0.2, 0) is 10.2 Å². The molecule has 0 aromatic rings. The van der Waals surface area contributed by atoms with Crippen LogP contribution >= 0.6 is 0 Å². The van der Waals surface area contributed by atoms with Gasteiger partial charge in [0.15, 0.2) is 0 Å². The van der Waals surface area contributed by atoms with Crippen molar-refractivity contribution in [1.82, 2.24) is 9.03 Å².